The van der Waals surface area contributed by atoms with Gasteiger partial charge < -0.3 is 15.8 Å². The fourth-order valence-electron chi connectivity index (χ4n) is 2.80. The van der Waals surface area contributed by atoms with Crippen LogP contribution in [0.15, 0.2) is 24.3 Å². The van der Waals surface area contributed by atoms with Gasteiger partial charge in [0.1, 0.15) is 5.75 Å². The lowest BCUT2D eigenvalue weighted by atomic mass is 10.1. The van der Waals surface area contributed by atoms with Crippen molar-refractivity contribution >= 4 is 11.7 Å². The van der Waals surface area contributed by atoms with E-state index >= 15 is 0 Å². The molecular weight excluding hydrogens is 306 g/mol. The number of nitrogens with two attached hydrogens (primary N) is 1. The summed E-state index contributed by atoms with van der Waals surface area (Å²) in [5, 5.41) is 2.99. The summed E-state index contributed by atoms with van der Waals surface area (Å²) in [6, 6.07) is 6.71. The summed E-state index contributed by atoms with van der Waals surface area (Å²) in [6.45, 7) is 5.70. The van der Waals surface area contributed by atoms with E-state index < -0.39 is 6.04 Å². The molecule has 0 radical (unpaired) electrons. The minimum absolute atomic E-state index is 0.0514. The summed E-state index contributed by atoms with van der Waals surface area (Å²) in [5.41, 5.74) is 6.29. The van der Waals surface area contributed by atoms with Gasteiger partial charge in [0.25, 0.3) is 0 Å². The fourth-order valence-corrected chi connectivity index (χ4v) is 2.80. The van der Waals surface area contributed by atoms with Crippen LogP contribution in [0.4, 0.5) is 0 Å². The molecule has 1 aromatic carbocycles. The number of ketones is 1. The van der Waals surface area contributed by atoms with Gasteiger partial charge in [0.15, 0.2) is 5.78 Å². The minimum atomic E-state index is -0.478. The van der Waals surface area contributed by atoms with E-state index in [1.54, 1.807) is 26.0 Å². The molecule has 6 heteroatoms. The zero-order chi connectivity index (χ0) is 17.5. The number of benzene rings is 1. The van der Waals surface area contributed by atoms with Gasteiger partial charge in [-0.25, -0.2) is 0 Å². The molecule has 0 saturated carbocycles. The number of hydrogen-bond donors (Lipinski definition) is 2. The number of rotatable bonds is 8. The molecule has 6 nitrogen and oxygen atoms in total. The van der Waals surface area contributed by atoms with Crippen LogP contribution >= 0.6 is 0 Å². The Hall–Kier alpha value is -1.92. The molecule has 1 aliphatic rings. The highest BCUT2D eigenvalue weighted by Crippen LogP contribution is 2.16. The third-order valence-corrected chi connectivity index (χ3v) is 4.21. The number of carbonyl (C=O) groups excluding carboxylic acids is 2. The van der Waals surface area contributed by atoms with Gasteiger partial charge in [-0.15, -0.1) is 0 Å². The Morgan fingerprint density at radius 1 is 1.38 bits per heavy atom. The molecule has 1 aliphatic heterocycles. The molecule has 1 fully saturated rings. The van der Waals surface area contributed by atoms with E-state index in [1.165, 1.54) is 0 Å². The molecule has 132 valence electrons. The Morgan fingerprint density at radius 3 is 2.71 bits per heavy atom. The summed E-state index contributed by atoms with van der Waals surface area (Å²) in [7, 11) is 0. The van der Waals surface area contributed by atoms with Crippen LogP contribution in [-0.4, -0.2) is 48.5 Å². The lowest BCUT2D eigenvalue weighted by molar-refractivity contribution is -0.123. The van der Waals surface area contributed by atoms with Crippen molar-refractivity contribution in [2.24, 2.45) is 5.73 Å². The van der Waals surface area contributed by atoms with E-state index in [0.717, 1.165) is 38.1 Å². The first-order chi connectivity index (χ1) is 11.5. The SMILES string of the molecule is CC(=O)c1ccc(OCCCN2CCCC2NC(=O)[C@H](C)N)cc1. The van der Waals surface area contributed by atoms with Gasteiger partial charge in [0.2, 0.25) is 5.91 Å². The number of nitrogens with zero attached hydrogens (tertiary/aromatic N) is 1. The van der Waals surface area contributed by atoms with Crippen LogP contribution in [0.2, 0.25) is 0 Å². The summed E-state index contributed by atoms with van der Waals surface area (Å²) >= 11 is 0. The number of ether oxygens (including phenoxy) is 1. The van der Waals surface area contributed by atoms with E-state index in [0.29, 0.717) is 12.2 Å². The van der Waals surface area contributed by atoms with Gasteiger partial charge in [0, 0.05) is 18.7 Å². The van der Waals surface area contributed by atoms with Gasteiger partial charge >= 0.3 is 0 Å². The second-order valence-electron chi connectivity index (χ2n) is 6.27. The van der Waals surface area contributed by atoms with Crippen LogP contribution < -0.4 is 15.8 Å². The monoisotopic (exact) mass is 333 g/mol. The molecule has 1 saturated heterocycles. The van der Waals surface area contributed by atoms with Crippen molar-refractivity contribution in [3.05, 3.63) is 29.8 Å². The van der Waals surface area contributed by atoms with Crippen LogP contribution in [0.1, 0.15) is 43.5 Å². The highest BCUT2D eigenvalue weighted by Gasteiger charge is 2.26. The van der Waals surface area contributed by atoms with E-state index in [9.17, 15) is 9.59 Å². The maximum Gasteiger partial charge on any atom is 0.237 e. The second kappa shape index (κ2) is 8.80. The molecule has 1 heterocycles. The van der Waals surface area contributed by atoms with Crippen LogP contribution in [-0.2, 0) is 4.79 Å². The number of Topliss-reactive ketones (excluding diaryl/α,β-unsaturated/α-hetero) is 1. The van der Waals surface area contributed by atoms with Crippen LogP contribution in [0.5, 0.6) is 5.75 Å². The number of amides is 1. The first kappa shape index (κ1) is 18.4. The van der Waals surface area contributed by atoms with Gasteiger partial charge in [0.05, 0.1) is 18.8 Å². The predicted molar refractivity (Wildman–Crippen MR) is 92.9 cm³/mol. The standard InChI is InChI=1S/C18H27N3O3/c1-13(19)18(23)20-17-5-3-10-21(17)11-4-12-24-16-8-6-15(7-9-16)14(2)22/h6-9,13,17H,3-5,10-12,19H2,1-2H3,(H,20,23)/t13-,17?/m0/s1. The zero-order valence-electron chi connectivity index (χ0n) is 14.5. The fraction of sp³-hybridized carbons (Fsp3) is 0.556. The maximum absolute atomic E-state index is 11.7. The second-order valence-corrected chi connectivity index (χ2v) is 6.27. The Bertz CT molecular complexity index is 557. The maximum atomic E-state index is 11.7. The summed E-state index contributed by atoms with van der Waals surface area (Å²) in [6.07, 6.45) is 3.00. The van der Waals surface area contributed by atoms with Crippen LogP contribution in [0.25, 0.3) is 0 Å². The highest BCUT2D eigenvalue weighted by atomic mass is 16.5. The average Bonchev–Trinajstić information content (AvgIpc) is 2.99. The van der Waals surface area contributed by atoms with E-state index in [4.69, 9.17) is 10.5 Å². The topological polar surface area (TPSA) is 84.7 Å². The smallest absolute Gasteiger partial charge is 0.237 e. The predicted octanol–water partition coefficient (Wildman–Crippen LogP) is 1.54. The van der Waals surface area contributed by atoms with Gasteiger partial charge in [-0.05, 0) is 57.4 Å². The van der Waals surface area contributed by atoms with Crippen molar-refractivity contribution < 1.29 is 14.3 Å². The van der Waals surface area contributed by atoms with Crippen molar-refractivity contribution in [3.8, 4) is 5.75 Å². The molecule has 0 aromatic heterocycles. The normalized spacial score (nSPS) is 19.0. The Labute approximate surface area is 143 Å². The lowest BCUT2D eigenvalue weighted by Gasteiger charge is -2.26. The molecule has 0 aliphatic carbocycles. The first-order valence-corrected chi connectivity index (χ1v) is 8.51. The lowest BCUT2D eigenvalue weighted by Crippen LogP contribution is -2.49. The number of carbonyl (C=O) groups is 2. The third kappa shape index (κ3) is 5.32. The van der Waals surface area contributed by atoms with Crippen LogP contribution in [0, 0.1) is 0 Å². The molecule has 0 spiro atoms. The summed E-state index contributed by atoms with van der Waals surface area (Å²) in [4.78, 5) is 25.2. The number of nitrogens with one attached hydrogen (secondary N) is 1. The molecule has 1 amide bonds. The van der Waals surface area contributed by atoms with Crippen LogP contribution in [0.3, 0.4) is 0 Å². The first-order valence-electron chi connectivity index (χ1n) is 8.51. The van der Waals surface area contributed by atoms with Crippen molar-refractivity contribution in [3.63, 3.8) is 0 Å². The van der Waals surface area contributed by atoms with Crippen molar-refractivity contribution in [2.75, 3.05) is 19.7 Å². The molecule has 2 atom stereocenters. The Balaban J connectivity index is 1.71. The Morgan fingerprint density at radius 2 is 2.08 bits per heavy atom. The molecule has 24 heavy (non-hydrogen) atoms. The van der Waals surface area contributed by atoms with Crippen molar-refractivity contribution in [2.45, 2.75) is 45.3 Å². The highest BCUT2D eigenvalue weighted by molar-refractivity contribution is 5.94. The van der Waals surface area contributed by atoms with Gasteiger partial charge in [-0.2, -0.15) is 0 Å². The molecular formula is C18H27N3O3. The Kier molecular flexibility index (Phi) is 6.75. The summed E-state index contributed by atoms with van der Waals surface area (Å²) < 4.78 is 5.71. The zero-order valence-corrected chi connectivity index (χ0v) is 14.5. The third-order valence-electron chi connectivity index (χ3n) is 4.21. The average molecular weight is 333 g/mol. The molecule has 3 N–H and O–H groups in total. The summed E-state index contributed by atoms with van der Waals surface area (Å²) in [5.74, 6) is 0.715. The number of hydrogen-bond acceptors (Lipinski definition) is 5. The minimum Gasteiger partial charge on any atom is -0.494 e. The van der Waals surface area contributed by atoms with E-state index in [-0.39, 0.29) is 17.9 Å². The van der Waals surface area contributed by atoms with Gasteiger partial charge in [-0.1, -0.05) is 0 Å². The van der Waals surface area contributed by atoms with Crippen molar-refractivity contribution in [1.29, 1.82) is 0 Å². The molecule has 1 aromatic rings. The van der Waals surface area contributed by atoms with Crippen molar-refractivity contribution in [1.82, 2.24) is 10.2 Å². The largest absolute Gasteiger partial charge is 0.494 e. The van der Waals surface area contributed by atoms with Gasteiger partial charge in [-0.3, -0.25) is 14.5 Å². The quantitative estimate of drug-likeness (QED) is 0.557. The van der Waals surface area contributed by atoms with E-state index in [1.807, 2.05) is 12.1 Å². The number of likely N-dealkylation sites (tertiary alicyclic amines) is 1. The molecule has 1 unspecified atom stereocenters. The van der Waals surface area contributed by atoms with E-state index in [2.05, 4.69) is 10.2 Å². The molecule has 2 rings (SSSR count). The molecule has 0 bridgehead atoms.